The van der Waals surface area contributed by atoms with E-state index in [-0.39, 0.29) is 0 Å². The Bertz CT molecular complexity index is 105. The standard InChI is InChI=1S/C2H3BF2O4/c4-1(5)2(6)9-3(7)8/h1,7-8H. The van der Waals surface area contributed by atoms with Gasteiger partial charge in [-0.15, -0.1) is 0 Å². The molecule has 0 radical (unpaired) electrons. The van der Waals surface area contributed by atoms with Crippen LogP contribution in [0.3, 0.4) is 0 Å². The third-order valence-corrected chi connectivity index (χ3v) is 0.400. The molecule has 0 saturated carbocycles. The van der Waals surface area contributed by atoms with Crippen molar-refractivity contribution in [3.8, 4) is 0 Å². The maximum atomic E-state index is 11.1. The Morgan fingerprint density at radius 3 is 2.11 bits per heavy atom. The third kappa shape index (κ3) is 3.86. The van der Waals surface area contributed by atoms with Gasteiger partial charge in [-0.3, -0.25) is 0 Å². The van der Waals surface area contributed by atoms with Crippen LogP contribution in [-0.2, 0) is 9.45 Å². The fraction of sp³-hybridized carbons (Fsp3) is 0.500. The number of halogens is 2. The Balaban J connectivity index is 3.51. The molecule has 9 heavy (non-hydrogen) atoms. The molecule has 0 aliphatic rings. The minimum atomic E-state index is -3.33. The monoisotopic (exact) mass is 140 g/mol. The summed E-state index contributed by atoms with van der Waals surface area (Å²) in [5, 5.41) is 15.5. The normalized spacial score (nSPS) is 9.44. The van der Waals surface area contributed by atoms with E-state index in [1.54, 1.807) is 0 Å². The van der Waals surface area contributed by atoms with Crippen LogP contribution in [0.2, 0.25) is 0 Å². The predicted molar refractivity (Wildman–Crippen MR) is 22.3 cm³/mol. The van der Waals surface area contributed by atoms with Gasteiger partial charge in [0.05, 0.1) is 0 Å². The molecule has 0 saturated heterocycles. The molecular formula is C2H3BF2O4. The van der Waals surface area contributed by atoms with Gasteiger partial charge in [0.15, 0.2) is 0 Å². The van der Waals surface area contributed by atoms with Gasteiger partial charge in [-0.05, 0) is 0 Å². The Morgan fingerprint density at radius 2 is 2.00 bits per heavy atom. The van der Waals surface area contributed by atoms with Crippen molar-refractivity contribution in [3.05, 3.63) is 0 Å². The lowest BCUT2D eigenvalue weighted by Crippen LogP contribution is -2.26. The van der Waals surface area contributed by atoms with Gasteiger partial charge in [0, 0.05) is 0 Å². The molecule has 0 unspecified atom stereocenters. The van der Waals surface area contributed by atoms with Gasteiger partial charge in [0.1, 0.15) is 0 Å². The maximum Gasteiger partial charge on any atom is 0.709 e. The Hall–Kier alpha value is -0.685. The Labute approximate surface area is 49.2 Å². The van der Waals surface area contributed by atoms with E-state index in [0.717, 1.165) is 0 Å². The van der Waals surface area contributed by atoms with Crippen LogP contribution < -0.4 is 0 Å². The SMILES string of the molecule is O=C(OB(O)O)C(F)F. The summed E-state index contributed by atoms with van der Waals surface area (Å²) in [6.07, 6.45) is -3.33. The topological polar surface area (TPSA) is 66.8 Å². The third-order valence-electron chi connectivity index (χ3n) is 0.400. The first-order valence-electron chi connectivity index (χ1n) is 1.89. The van der Waals surface area contributed by atoms with Gasteiger partial charge in [-0.25, -0.2) is 4.79 Å². The van der Waals surface area contributed by atoms with Gasteiger partial charge >= 0.3 is 19.7 Å². The molecule has 4 nitrogen and oxygen atoms in total. The zero-order valence-electron chi connectivity index (χ0n) is 4.12. The highest BCUT2D eigenvalue weighted by Gasteiger charge is 2.23. The average Bonchev–Trinajstić information content (AvgIpc) is 1.63. The Morgan fingerprint density at radius 1 is 1.56 bits per heavy atom. The second-order valence-corrected chi connectivity index (χ2v) is 1.06. The summed E-state index contributed by atoms with van der Waals surface area (Å²) in [7, 11) is -2.47. The molecule has 0 atom stereocenters. The quantitative estimate of drug-likeness (QED) is 0.471. The first-order valence-corrected chi connectivity index (χ1v) is 1.89. The van der Waals surface area contributed by atoms with Crippen molar-refractivity contribution in [1.82, 2.24) is 0 Å². The summed E-state index contributed by atoms with van der Waals surface area (Å²) >= 11 is 0. The summed E-state index contributed by atoms with van der Waals surface area (Å²) in [5.41, 5.74) is 0. The van der Waals surface area contributed by atoms with E-state index >= 15 is 0 Å². The summed E-state index contributed by atoms with van der Waals surface area (Å²) in [6.45, 7) is 0. The number of hydrogen-bond acceptors (Lipinski definition) is 4. The van der Waals surface area contributed by atoms with Crippen LogP contribution in [-0.4, -0.2) is 29.8 Å². The molecule has 0 fully saturated rings. The van der Waals surface area contributed by atoms with Gasteiger partial charge in [-0.1, -0.05) is 0 Å². The first kappa shape index (κ1) is 8.31. The molecular weight excluding hydrogens is 137 g/mol. The summed E-state index contributed by atoms with van der Waals surface area (Å²) in [5.74, 6) is -1.95. The smallest absolute Gasteiger partial charge is 0.481 e. The van der Waals surface area contributed by atoms with E-state index < -0.39 is 19.7 Å². The zero-order valence-corrected chi connectivity index (χ0v) is 4.12. The molecule has 2 N–H and O–H groups in total. The number of alkyl halides is 2. The van der Waals surface area contributed by atoms with Crippen molar-refractivity contribution in [1.29, 1.82) is 0 Å². The molecule has 0 aromatic heterocycles. The molecule has 0 rings (SSSR count). The van der Waals surface area contributed by atoms with Crippen LogP contribution >= 0.6 is 0 Å². The molecule has 0 heterocycles. The van der Waals surface area contributed by atoms with Gasteiger partial charge in [0.25, 0.3) is 0 Å². The molecule has 0 amide bonds. The Kier molecular flexibility index (Phi) is 3.11. The van der Waals surface area contributed by atoms with Crippen molar-refractivity contribution in [2.24, 2.45) is 0 Å². The molecule has 0 aromatic rings. The van der Waals surface area contributed by atoms with Crippen molar-refractivity contribution in [2.75, 3.05) is 0 Å². The van der Waals surface area contributed by atoms with Gasteiger partial charge in [-0.2, -0.15) is 8.78 Å². The lowest BCUT2D eigenvalue weighted by Gasteiger charge is -1.99. The zero-order chi connectivity index (χ0) is 7.44. The number of carbonyl (C=O) groups excluding carboxylic acids is 1. The fourth-order valence-electron chi connectivity index (χ4n) is 0.155. The van der Waals surface area contributed by atoms with E-state index in [2.05, 4.69) is 4.65 Å². The van der Waals surface area contributed by atoms with E-state index in [1.807, 2.05) is 0 Å². The first-order chi connectivity index (χ1) is 4.04. The number of hydrogen-bond donors (Lipinski definition) is 2. The van der Waals surface area contributed by atoms with Gasteiger partial charge < -0.3 is 14.7 Å². The van der Waals surface area contributed by atoms with Crippen molar-refractivity contribution in [3.63, 3.8) is 0 Å². The summed E-state index contributed by atoms with van der Waals surface area (Å²) in [6, 6.07) is 0. The lowest BCUT2D eigenvalue weighted by atomic mass is 10.3. The van der Waals surface area contributed by atoms with Crippen LogP contribution in [0.25, 0.3) is 0 Å². The van der Waals surface area contributed by atoms with E-state index in [1.165, 1.54) is 0 Å². The highest BCUT2D eigenvalue weighted by atomic mass is 19.3. The predicted octanol–water partition coefficient (Wildman–Crippen LogP) is -1.24. The van der Waals surface area contributed by atoms with Crippen molar-refractivity contribution >= 4 is 13.3 Å². The summed E-state index contributed by atoms with van der Waals surface area (Å²) < 4.78 is 25.4. The molecule has 0 bridgehead atoms. The average molecular weight is 140 g/mol. The minimum absolute atomic E-state index is 1.95. The minimum Gasteiger partial charge on any atom is -0.481 e. The van der Waals surface area contributed by atoms with Crippen LogP contribution in [0.5, 0.6) is 0 Å². The maximum absolute atomic E-state index is 11.1. The van der Waals surface area contributed by atoms with Gasteiger partial charge in [0.2, 0.25) is 0 Å². The molecule has 0 aliphatic heterocycles. The fourth-order valence-corrected chi connectivity index (χ4v) is 0.155. The largest absolute Gasteiger partial charge is 0.709 e. The molecule has 0 spiro atoms. The van der Waals surface area contributed by atoms with Crippen molar-refractivity contribution < 1.29 is 28.3 Å². The van der Waals surface area contributed by atoms with Crippen molar-refractivity contribution in [2.45, 2.75) is 6.43 Å². The number of rotatable bonds is 2. The van der Waals surface area contributed by atoms with E-state index in [4.69, 9.17) is 10.0 Å². The van der Waals surface area contributed by atoms with E-state index in [0.29, 0.717) is 0 Å². The second-order valence-electron chi connectivity index (χ2n) is 1.06. The van der Waals surface area contributed by atoms with E-state index in [9.17, 15) is 13.6 Å². The van der Waals surface area contributed by atoms with Crippen LogP contribution in [0, 0.1) is 0 Å². The van der Waals surface area contributed by atoms with Crippen LogP contribution in [0.4, 0.5) is 8.78 Å². The molecule has 0 aromatic carbocycles. The highest BCUT2D eigenvalue weighted by Crippen LogP contribution is 1.94. The van der Waals surface area contributed by atoms with Crippen LogP contribution in [0.15, 0.2) is 0 Å². The van der Waals surface area contributed by atoms with Crippen LogP contribution in [0.1, 0.15) is 0 Å². The highest BCUT2D eigenvalue weighted by molar-refractivity contribution is 6.35. The number of carbonyl (C=O) groups is 1. The molecule has 7 heteroatoms. The lowest BCUT2D eigenvalue weighted by molar-refractivity contribution is -0.149. The second kappa shape index (κ2) is 3.36. The summed E-state index contributed by atoms with van der Waals surface area (Å²) in [4.78, 5) is 9.66. The molecule has 52 valence electrons. The molecule has 0 aliphatic carbocycles.